The summed E-state index contributed by atoms with van der Waals surface area (Å²) in [5, 5.41) is 11.8. The van der Waals surface area contributed by atoms with Crippen molar-refractivity contribution in [2.75, 3.05) is 5.32 Å². The molecule has 1 aromatic carbocycles. The van der Waals surface area contributed by atoms with Crippen LogP contribution in [-0.2, 0) is 11.3 Å². The number of anilines is 1. The van der Waals surface area contributed by atoms with Crippen molar-refractivity contribution >= 4 is 11.8 Å². The van der Waals surface area contributed by atoms with E-state index in [0.29, 0.717) is 5.69 Å². The number of H-pyrrole nitrogens is 1. The fraction of sp³-hybridized carbons (Fsp3) is 0.143. The Balaban J connectivity index is 2.00. The van der Waals surface area contributed by atoms with Crippen LogP contribution in [0.1, 0.15) is 11.3 Å². The van der Waals surface area contributed by atoms with Gasteiger partial charge in [0.25, 0.3) is 5.56 Å². The zero-order valence-electron chi connectivity index (χ0n) is 10.8. The first-order valence-electron chi connectivity index (χ1n) is 5.97. The molecule has 6 nitrogen and oxygen atoms in total. The summed E-state index contributed by atoms with van der Waals surface area (Å²) >= 11 is 0. The first-order chi connectivity index (χ1) is 9.56. The number of hydrogen-bond acceptors (Lipinski definition) is 4. The quantitative estimate of drug-likeness (QED) is 0.799. The number of benzene rings is 1. The molecule has 0 atom stereocenters. The van der Waals surface area contributed by atoms with Gasteiger partial charge in [0, 0.05) is 11.8 Å². The van der Waals surface area contributed by atoms with Gasteiger partial charge in [0.1, 0.15) is 12.4 Å². The Morgan fingerprint density at radius 1 is 1.35 bits per heavy atom. The minimum Gasteiger partial charge on any atom is -0.505 e. The van der Waals surface area contributed by atoms with Crippen molar-refractivity contribution in [1.82, 2.24) is 4.98 Å². The van der Waals surface area contributed by atoms with Crippen molar-refractivity contribution in [3.63, 3.8) is 0 Å². The van der Waals surface area contributed by atoms with Gasteiger partial charge in [0.05, 0.1) is 0 Å². The first-order valence-corrected chi connectivity index (χ1v) is 5.97. The molecule has 0 fully saturated rings. The zero-order valence-corrected chi connectivity index (χ0v) is 10.8. The second kappa shape index (κ2) is 5.92. The molecule has 0 spiro atoms. The zero-order chi connectivity index (χ0) is 14.5. The van der Waals surface area contributed by atoms with E-state index < -0.39 is 11.7 Å². The summed E-state index contributed by atoms with van der Waals surface area (Å²) in [6, 6.07) is 10.5. The molecule has 0 aliphatic rings. The Labute approximate surface area is 115 Å². The highest BCUT2D eigenvalue weighted by Gasteiger charge is 2.12. The number of carbonyl (C=O) groups excluding carboxylic acids is 1. The van der Waals surface area contributed by atoms with E-state index in [1.165, 1.54) is 6.07 Å². The number of aryl methyl sites for hydroxylation is 1. The minimum absolute atomic E-state index is 0.0806. The van der Waals surface area contributed by atoms with Crippen molar-refractivity contribution < 1.29 is 14.6 Å². The fourth-order valence-electron chi connectivity index (χ4n) is 1.65. The lowest BCUT2D eigenvalue weighted by atomic mass is 10.2. The number of carbonyl (C=O) groups is 1. The van der Waals surface area contributed by atoms with Crippen LogP contribution in [0.3, 0.4) is 0 Å². The molecule has 2 aromatic rings. The SMILES string of the molecule is Cc1cc(O)c(NC(=O)OCc2ccccc2)c(=O)[nH]1. The smallest absolute Gasteiger partial charge is 0.412 e. The third-order valence-electron chi connectivity index (χ3n) is 2.59. The van der Waals surface area contributed by atoms with E-state index in [1.807, 2.05) is 30.3 Å². The fourth-order valence-corrected chi connectivity index (χ4v) is 1.65. The predicted octanol–water partition coefficient (Wildman–Crippen LogP) is 2.14. The van der Waals surface area contributed by atoms with E-state index in [-0.39, 0.29) is 18.0 Å². The Bertz CT molecular complexity index is 665. The van der Waals surface area contributed by atoms with Crippen molar-refractivity contribution in [3.8, 4) is 5.75 Å². The molecule has 2 rings (SSSR count). The van der Waals surface area contributed by atoms with Crippen molar-refractivity contribution in [3.05, 3.63) is 58.0 Å². The van der Waals surface area contributed by atoms with E-state index in [9.17, 15) is 14.7 Å². The van der Waals surface area contributed by atoms with Crippen LogP contribution in [-0.4, -0.2) is 16.2 Å². The van der Waals surface area contributed by atoms with Gasteiger partial charge in [-0.3, -0.25) is 10.1 Å². The normalized spacial score (nSPS) is 10.1. The van der Waals surface area contributed by atoms with Crippen LogP contribution < -0.4 is 10.9 Å². The summed E-state index contributed by atoms with van der Waals surface area (Å²) in [7, 11) is 0. The molecule has 0 radical (unpaired) electrons. The maximum Gasteiger partial charge on any atom is 0.412 e. The number of amides is 1. The molecule has 0 aliphatic carbocycles. The molecule has 0 aliphatic heterocycles. The number of aromatic hydroxyl groups is 1. The van der Waals surface area contributed by atoms with E-state index >= 15 is 0 Å². The lowest BCUT2D eigenvalue weighted by Crippen LogP contribution is -2.21. The molecular formula is C14H14N2O4. The molecule has 1 heterocycles. The Morgan fingerprint density at radius 2 is 2.05 bits per heavy atom. The standard InChI is InChI=1S/C14H14N2O4/c1-9-7-11(17)12(13(18)15-9)16-14(19)20-8-10-5-3-2-4-6-10/h2-7H,8H2,1H3,(H,16,19)(H2,15,17,18). The van der Waals surface area contributed by atoms with Crippen LogP contribution in [0.2, 0.25) is 0 Å². The van der Waals surface area contributed by atoms with Crippen LogP contribution in [0.15, 0.2) is 41.2 Å². The van der Waals surface area contributed by atoms with E-state index in [1.54, 1.807) is 6.92 Å². The van der Waals surface area contributed by atoms with Crippen LogP contribution in [0.25, 0.3) is 0 Å². The van der Waals surface area contributed by atoms with E-state index in [0.717, 1.165) is 5.56 Å². The molecule has 3 N–H and O–H groups in total. The molecule has 0 saturated carbocycles. The van der Waals surface area contributed by atoms with Gasteiger partial charge < -0.3 is 14.8 Å². The largest absolute Gasteiger partial charge is 0.505 e. The van der Waals surface area contributed by atoms with E-state index in [4.69, 9.17) is 4.74 Å². The Morgan fingerprint density at radius 3 is 2.70 bits per heavy atom. The second-order valence-electron chi connectivity index (χ2n) is 4.23. The number of pyridine rings is 1. The predicted molar refractivity (Wildman–Crippen MR) is 73.7 cm³/mol. The average Bonchev–Trinajstić information content (AvgIpc) is 2.42. The third kappa shape index (κ3) is 3.38. The van der Waals surface area contributed by atoms with Crippen molar-refractivity contribution in [1.29, 1.82) is 0 Å². The van der Waals surface area contributed by atoms with Crippen LogP contribution in [0.4, 0.5) is 10.5 Å². The summed E-state index contributed by atoms with van der Waals surface area (Å²) in [6.45, 7) is 1.70. The van der Waals surface area contributed by atoms with Gasteiger partial charge in [-0.2, -0.15) is 0 Å². The van der Waals surface area contributed by atoms with Gasteiger partial charge in [0.15, 0.2) is 5.69 Å². The number of nitrogens with one attached hydrogen (secondary N) is 2. The lowest BCUT2D eigenvalue weighted by Gasteiger charge is -2.08. The lowest BCUT2D eigenvalue weighted by molar-refractivity contribution is 0.155. The monoisotopic (exact) mass is 274 g/mol. The highest BCUT2D eigenvalue weighted by atomic mass is 16.5. The summed E-state index contributed by atoms with van der Waals surface area (Å²) in [6.07, 6.45) is -0.807. The third-order valence-corrected chi connectivity index (χ3v) is 2.59. The Kier molecular flexibility index (Phi) is 4.05. The van der Waals surface area contributed by atoms with Crippen molar-refractivity contribution in [2.45, 2.75) is 13.5 Å². The maximum atomic E-state index is 11.6. The topological polar surface area (TPSA) is 91.4 Å². The molecule has 1 amide bonds. The number of hydrogen-bond donors (Lipinski definition) is 3. The summed E-state index contributed by atoms with van der Waals surface area (Å²) in [5.41, 5.74) is 0.508. The Hall–Kier alpha value is -2.76. The number of aromatic amines is 1. The number of aromatic nitrogens is 1. The first kappa shape index (κ1) is 13.7. The molecule has 0 bridgehead atoms. The van der Waals surface area contributed by atoms with Gasteiger partial charge in [-0.1, -0.05) is 30.3 Å². The van der Waals surface area contributed by atoms with E-state index in [2.05, 4.69) is 10.3 Å². The molecule has 6 heteroatoms. The van der Waals surface area contributed by atoms with Gasteiger partial charge in [-0.05, 0) is 12.5 Å². The molecule has 0 saturated heterocycles. The number of rotatable bonds is 3. The van der Waals surface area contributed by atoms with Crippen LogP contribution in [0, 0.1) is 6.92 Å². The summed E-state index contributed by atoms with van der Waals surface area (Å²) < 4.78 is 4.96. The maximum absolute atomic E-state index is 11.6. The summed E-state index contributed by atoms with van der Waals surface area (Å²) in [5.74, 6) is -0.303. The molecule has 20 heavy (non-hydrogen) atoms. The van der Waals surface area contributed by atoms with Gasteiger partial charge >= 0.3 is 6.09 Å². The van der Waals surface area contributed by atoms with Crippen LogP contribution in [0.5, 0.6) is 5.75 Å². The molecule has 0 unspecified atom stereocenters. The van der Waals surface area contributed by atoms with Crippen LogP contribution >= 0.6 is 0 Å². The van der Waals surface area contributed by atoms with Gasteiger partial charge in [0.2, 0.25) is 0 Å². The minimum atomic E-state index is -0.807. The molecular weight excluding hydrogens is 260 g/mol. The van der Waals surface area contributed by atoms with Crippen molar-refractivity contribution in [2.24, 2.45) is 0 Å². The average molecular weight is 274 g/mol. The summed E-state index contributed by atoms with van der Waals surface area (Å²) in [4.78, 5) is 25.6. The highest BCUT2D eigenvalue weighted by Crippen LogP contribution is 2.18. The highest BCUT2D eigenvalue weighted by molar-refractivity contribution is 5.86. The molecule has 1 aromatic heterocycles. The molecule has 104 valence electrons. The second-order valence-corrected chi connectivity index (χ2v) is 4.23. The number of ether oxygens (including phenoxy) is 1. The van der Waals surface area contributed by atoms with Gasteiger partial charge in [-0.25, -0.2) is 4.79 Å². The van der Waals surface area contributed by atoms with Gasteiger partial charge in [-0.15, -0.1) is 0 Å².